The molecule has 2 rings (SSSR count). The summed E-state index contributed by atoms with van der Waals surface area (Å²) < 4.78 is 0. The first-order valence-electron chi connectivity index (χ1n) is 4.88. The molecule has 0 aliphatic carbocycles. The largest absolute Gasteiger partial charge is 0.507 e. The Hall–Kier alpha value is -1.48. The van der Waals surface area contributed by atoms with Crippen LogP contribution in [0.2, 0.25) is 0 Å². The maximum atomic E-state index is 9.71. The van der Waals surface area contributed by atoms with Crippen LogP contribution in [0.15, 0.2) is 24.4 Å². The first-order chi connectivity index (χ1) is 6.83. The predicted octanol–water partition coefficient (Wildman–Crippen LogP) is 0.609. The Morgan fingerprint density at radius 1 is 1.43 bits per heavy atom. The summed E-state index contributed by atoms with van der Waals surface area (Å²) in [4.78, 5) is 3.16. The summed E-state index contributed by atoms with van der Waals surface area (Å²) in [6, 6.07) is 5.56. The zero-order valence-corrected chi connectivity index (χ0v) is 8.25. The number of hydrogen-bond acceptors (Lipinski definition) is 1. The number of aromatic amines is 1. The summed E-state index contributed by atoms with van der Waals surface area (Å²) >= 11 is 0. The highest BCUT2D eigenvalue weighted by molar-refractivity contribution is 5.88. The molecule has 0 fully saturated rings. The molecule has 0 saturated carbocycles. The number of fused-ring (bicyclic) bond motifs is 1. The van der Waals surface area contributed by atoms with Gasteiger partial charge in [-0.05, 0) is 17.7 Å². The van der Waals surface area contributed by atoms with Gasteiger partial charge in [0.1, 0.15) is 5.75 Å². The third-order valence-electron chi connectivity index (χ3n) is 2.47. The van der Waals surface area contributed by atoms with E-state index in [-0.39, 0.29) is 0 Å². The summed E-state index contributed by atoms with van der Waals surface area (Å²) in [6.45, 7) is 1.04. The molecular weight excluding hydrogens is 176 g/mol. The van der Waals surface area contributed by atoms with Gasteiger partial charge in [0.2, 0.25) is 0 Å². The van der Waals surface area contributed by atoms with Gasteiger partial charge in [-0.25, -0.2) is 0 Å². The Bertz CT molecular complexity index is 434. The molecule has 0 amide bonds. The average Bonchev–Trinajstić information content (AvgIpc) is 2.59. The second kappa shape index (κ2) is 3.72. The molecule has 0 spiro atoms. The van der Waals surface area contributed by atoms with E-state index in [4.69, 9.17) is 0 Å². The Balaban J connectivity index is 2.45. The van der Waals surface area contributed by atoms with E-state index in [0.29, 0.717) is 5.75 Å². The first-order valence-corrected chi connectivity index (χ1v) is 4.88. The maximum Gasteiger partial charge on any atom is 0.125 e. The van der Waals surface area contributed by atoms with Gasteiger partial charge in [0.25, 0.3) is 0 Å². The lowest BCUT2D eigenvalue weighted by atomic mass is 10.1. The van der Waals surface area contributed by atoms with Crippen LogP contribution in [0.3, 0.4) is 0 Å². The molecule has 0 aliphatic rings. The van der Waals surface area contributed by atoms with Gasteiger partial charge in [-0.1, -0.05) is 6.07 Å². The van der Waals surface area contributed by atoms with Crippen LogP contribution >= 0.6 is 0 Å². The molecule has 1 aromatic carbocycles. The number of aromatic nitrogens is 1. The number of rotatable bonds is 3. The van der Waals surface area contributed by atoms with Crippen molar-refractivity contribution in [2.75, 3.05) is 13.6 Å². The molecule has 0 bridgehead atoms. The second-order valence-corrected chi connectivity index (χ2v) is 3.46. The molecule has 0 radical (unpaired) electrons. The second-order valence-electron chi connectivity index (χ2n) is 3.46. The molecule has 1 aromatic heterocycles. The van der Waals surface area contributed by atoms with Crippen LogP contribution in [-0.2, 0) is 6.42 Å². The highest BCUT2D eigenvalue weighted by Crippen LogP contribution is 2.27. The molecule has 1 heterocycles. The monoisotopic (exact) mass is 191 g/mol. The lowest BCUT2D eigenvalue weighted by Crippen LogP contribution is -2.80. The van der Waals surface area contributed by atoms with Crippen molar-refractivity contribution in [3.8, 4) is 5.75 Å². The van der Waals surface area contributed by atoms with Crippen molar-refractivity contribution in [3.63, 3.8) is 0 Å². The molecule has 2 aromatic rings. The van der Waals surface area contributed by atoms with Gasteiger partial charge >= 0.3 is 0 Å². The fourth-order valence-corrected chi connectivity index (χ4v) is 1.73. The molecule has 14 heavy (non-hydrogen) atoms. The first kappa shape index (κ1) is 9.09. The SMILES string of the molecule is C[NH2+]CCc1c[nH]c2cccc(O)c12. The van der Waals surface area contributed by atoms with E-state index in [2.05, 4.69) is 17.3 Å². The molecule has 0 unspecified atom stereocenters. The fourth-order valence-electron chi connectivity index (χ4n) is 1.73. The van der Waals surface area contributed by atoms with Crippen molar-refractivity contribution >= 4 is 10.9 Å². The van der Waals surface area contributed by atoms with E-state index in [9.17, 15) is 5.11 Å². The summed E-state index contributed by atoms with van der Waals surface area (Å²) in [7, 11) is 2.05. The van der Waals surface area contributed by atoms with Crippen LogP contribution in [0.1, 0.15) is 5.56 Å². The number of benzene rings is 1. The maximum absolute atomic E-state index is 9.71. The number of H-pyrrole nitrogens is 1. The lowest BCUT2D eigenvalue weighted by Gasteiger charge is -1.98. The number of nitrogens with one attached hydrogen (secondary N) is 1. The molecular formula is C11H15N2O+. The van der Waals surface area contributed by atoms with Crippen molar-refractivity contribution in [1.29, 1.82) is 0 Å². The van der Waals surface area contributed by atoms with Crippen LogP contribution in [0.4, 0.5) is 0 Å². The molecule has 3 nitrogen and oxygen atoms in total. The van der Waals surface area contributed by atoms with E-state index >= 15 is 0 Å². The highest BCUT2D eigenvalue weighted by Gasteiger charge is 2.07. The van der Waals surface area contributed by atoms with Gasteiger partial charge in [0, 0.05) is 23.5 Å². The van der Waals surface area contributed by atoms with Crippen LogP contribution in [0, 0.1) is 0 Å². The van der Waals surface area contributed by atoms with Crippen molar-refractivity contribution < 1.29 is 10.4 Å². The number of nitrogens with two attached hydrogens (primary N) is 1. The average molecular weight is 191 g/mol. The third kappa shape index (κ3) is 1.46. The van der Waals surface area contributed by atoms with E-state index in [1.165, 1.54) is 5.56 Å². The molecule has 0 aliphatic heterocycles. The Kier molecular flexibility index (Phi) is 2.41. The molecule has 0 atom stereocenters. The van der Waals surface area contributed by atoms with Crippen molar-refractivity contribution in [2.45, 2.75) is 6.42 Å². The number of phenols is 1. The number of hydrogen-bond donors (Lipinski definition) is 3. The topological polar surface area (TPSA) is 52.6 Å². The zero-order chi connectivity index (χ0) is 9.97. The summed E-state index contributed by atoms with van der Waals surface area (Å²) in [5.41, 5.74) is 2.20. The minimum Gasteiger partial charge on any atom is -0.507 e. The normalized spacial score (nSPS) is 10.9. The van der Waals surface area contributed by atoms with E-state index < -0.39 is 0 Å². The van der Waals surface area contributed by atoms with E-state index in [1.807, 2.05) is 18.3 Å². The van der Waals surface area contributed by atoms with Crippen LogP contribution in [-0.4, -0.2) is 23.7 Å². The predicted molar refractivity (Wildman–Crippen MR) is 56.4 cm³/mol. The quantitative estimate of drug-likeness (QED) is 0.654. The molecule has 3 heteroatoms. The summed E-state index contributed by atoms with van der Waals surface area (Å²) in [6.07, 6.45) is 2.96. The van der Waals surface area contributed by atoms with Crippen molar-refractivity contribution in [1.82, 2.24) is 4.98 Å². The smallest absolute Gasteiger partial charge is 0.125 e. The minimum absolute atomic E-state index is 0.370. The zero-order valence-electron chi connectivity index (χ0n) is 8.25. The molecule has 74 valence electrons. The number of aromatic hydroxyl groups is 1. The van der Waals surface area contributed by atoms with Gasteiger partial charge < -0.3 is 15.4 Å². The molecule has 4 N–H and O–H groups in total. The Morgan fingerprint density at radius 3 is 3.07 bits per heavy atom. The van der Waals surface area contributed by atoms with Gasteiger partial charge in [0.05, 0.1) is 13.6 Å². The Labute approximate surface area is 82.8 Å². The van der Waals surface area contributed by atoms with E-state index in [1.54, 1.807) is 6.07 Å². The minimum atomic E-state index is 0.370. The summed E-state index contributed by atoms with van der Waals surface area (Å²) in [5.74, 6) is 0.370. The Morgan fingerprint density at radius 2 is 2.29 bits per heavy atom. The number of phenolic OH excluding ortho intramolecular Hbond substituents is 1. The van der Waals surface area contributed by atoms with Gasteiger partial charge in [0.15, 0.2) is 0 Å². The van der Waals surface area contributed by atoms with Crippen molar-refractivity contribution in [3.05, 3.63) is 30.0 Å². The third-order valence-corrected chi connectivity index (χ3v) is 2.47. The van der Waals surface area contributed by atoms with Gasteiger partial charge in [-0.3, -0.25) is 0 Å². The van der Waals surface area contributed by atoms with Crippen molar-refractivity contribution in [2.24, 2.45) is 0 Å². The van der Waals surface area contributed by atoms with E-state index in [0.717, 1.165) is 23.9 Å². The van der Waals surface area contributed by atoms with Gasteiger partial charge in [-0.2, -0.15) is 0 Å². The molecule has 0 saturated heterocycles. The standard InChI is InChI=1S/C11H14N2O/c1-12-6-5-8-7-13-9-3-2-4-10(14)11(8)9/h2-4,7,12-14H,5-6H2,1H3/p+1. The lowest BCUT2D eigenvalue weighted by molar-refractivity contribution is -0.626. The van der Waals surface area contributed by atoms with Gasteiger partial charge in [-0.15, -0.1) is 0 Å². The highest BCUT2D eigenvalue weighted by atomic mass is 16.3. The van der Waals surface area contributed by atoms with Crippen LogP contribution in [0.25, 0.3) is 10.9 Å². The number of likely N-dealkylation sites (N-methyl/N-ethyl adjacent to an activating group) is 1. The summed E-state index contributed by atoms with van der Waals surface area (Å²) in [5, 5.41) is 12.8. The van der Waals surface area contributed by atoms with Crippen LogP contribution < -0.4 is 5.32 Å². The van der Waals surface area contributed by atoms with Crippen LogP contribution in [0.5, 0.6) is 5.75 Å². The number of quaternary nitrogens is 1. The fraction of sp³-hybridized carbons (Fsp3) is 0.273.